The SMILES string of the molecule is N#CC1CCCCCC1C1(S(=O)(=O)Cl)CC1. The minimum Gasteiger partial charge on any atom is -0.212 e. The summed E-state index contributed by atoms with van der Waals surface area (Å²) in [6.07, 6.45) is 6.11. The van der Waals surface area contributed by atoms with Crippen LogP contribution in [-0.4, -0.2) is 13.2 Å². The summed E-state index contributed by atoms with van der Waals surface area (Å²) in [5.74, 6) is -0.166. The van der Waals surface area contributed by atoms with Crippen molar-refractivity contribution in [1.82, 2.24) is 0 Å². The van der Waals surface area contributed by atoms with Crippen LogP contribution in [0.5, 0.6) is 0 Å². The first-order valence-corrected chi connectivity index (χ1v) is 8.16. The highest BCUT2D eigenvalue weighted by molar-refractivity contribution is 8.15. The number of nitrogens with zero attached hydrogens (tertiary/aromatic N) is 1. The smallest absolute Gasteiger partial charge is 0.212 e. The highest BCUT2D eigenvalue weighted by Gasteiger charge is 2.60. The summed E-state index contributed by atoms with van der Waals surface area (Å²) in [7, 11) is 2.03. The molecular formula is C11H16ClNO2S. The average molecular weight is 262 g/mol. The van der Waals surface area contributed by atoms with E-state index in [4.69, 9.17) is 15.9 Å². The van der Waals surface area contributed by atoms with Crippen molar-refractivity contribution in [3.8, 4) is 6.07 Å². The van der Waals surface area contributed by atoms with Crippen LogP contribution in [0.1, 0.15) is 44.9 Å². The highest BCUT2D eigenvalue weighted by atomic mass is 35.7. The molecule has 2 rings (SSSR count). The predicted octanol–water partition coefficient (Wildman–Crippen LogP) is 2.81. The van der Waals surface area contributed by atoms with E-state index in [-0.39, 0.29) is 11.8 Å². The van der Waals surface area contributed by atoms with E-state index in [1.165, 1.54) is 0 Å². The molecular weight excluding hydrogens is 246 g/mol. The Morgan fingerprint density at radius 1 is 1.19 bits per heavy atom. The van der Waals surface area contributed by atoms with Gasteiger partial charge in [-0.2, -0.15) is 5.26 Å². The van der Waals surface area contributed by atoms with E-state index >= 15 is 0 Å². The van der Waals surface area contributed by atoms with Gasteiger partial charge in [0.15, 0.2) is 0 Å². The van der Waals surface area contributed by atoms with Gasteiger partial charge >= 0.3 is 0 Å². The molecule has 2 aliphatic carbocycles. The van der Waals surface area contributed by atoms with Gasteiger partial charge in [-0.15, -0.1) is 0 Å². The van der Waals surface area contributed by atoms with Crippen LogP contribution in [0.25, 0.3) is 0 Å². The van der Waals surface area contributed by atoms with Gasteiger partial charge in [-0.3, -0.25) is 0 Å². The first-order chi connectivity index (χ1) is 7.51. The van der Waals surface area contributed by atoms with Crippen molar-refractivity contribution in [2.75, 3.05) is 0 Å². The molecule has 0 aromatic heterocycles. The van der Waals surface area contributed by atoms with E-state index in [1.54, 1.807) is 0 Å². The largest absolute Gasteiger partial charge is 0.238 e. The lowest BCUT2D eigenvalue weighted by Crippen LogP contribution is -2.33. The fourth-order valence-electron chi connectivity index (χ4n) is 3.01. The summed E-state index contributed by atoms with van der Waals surface area (Å²) >= 11 is 0. The number of hydrogen-bond acceptors (Lipinski definition) is 3. The van der Waals surface area contributed by atoms with Crippen LogP contribution in [0.3, 0.4) is 0 Å². The molecule has 0 amide bonds. The molecule has 0 N–H and O–H groups in total. The van der Waals surface area contributed by atoms with Crippen LogP contribution >= 0.6 is 10.7 Å². The quantitative estimate of drug-likeness (QED) is 0.567. The van der Waals surface area contributed by atoms with Gasteiger partial charge in [0.25, 0.3) is 0 Å². The number of hydrogen-bond donors (Lipinski definition) is 0. The Kier molecular flexibility index (Phi) is 3.20. The Labute approximate surface area is 101 Å². The Balaban J connectivity index is 2.28. The zero-order chi connectivity index (χ0) is 11.8. The lowest BCUT2D eigenvalue weighted by atomic mass is 9.85. The molecule has 3 nitrogen and oxygen atoms in total. The summed E-state index contributed by atoms with van der Waals surface area (Å²) in [4.78, 5) is 0. The highest BCUT2D eigenvalue weighted by Crippen LogP contribution is 2.56. The second kappa shape index (κ2) is 4.19. The minimum absolute atomic E-state index is 0.0394. The second-order valence-corrected chi connectivity index (χ2v) is 7.89. The molecule has 0 aromatic rings. The van der Waals surface area contributed by atoms with E-state index in [9.17, 15) is 8.42 Å². The maximum atomic E-state index is 11.6. The maximum Gasteiger partial charge on any atom is 0.238 e. The van der Waals surface area contributed by atoms with Crippen molar-refractivity contribution in [2.45, 2.75) is 49.7 Å². The van der Waals surface area contributed by atoms with Crippen LogP contribution in [0.4, 0.5) is 0 Å². The third-order valence-corrected chi connectivity index (χ3v) is 6.69. The molecule has 0 bridgehead atoms. The summed E-state index contributed by atoms with van der Waals surface area (Å²) in [5.41, 5.74) is 0. The number of halogens is 1. The summed E-state index contributed by atoms with van der Waals surface area (Å²) in [6, 6.07) is 2.29. The second-order valence-electron chi connectivity index (χ2n) is 4.98. The molecule has 5 heteroatoms. The first-order valence-electron chi connectivity index (χ1n) is 5.85. The lowest BCUT2D eigenvalue weighted by Gasteiger charge is -2.26. The van der Waals surface area contributed by atoms with Gasteiger partial charge in [0, 0.05) is 10.7 Å². The van der Waals surface area contributed by atoms with Gasteiger partial charge in [0.1, 0.15) is 0 Å². The molecule has 0 saturated heterocycles. The van der Waals surface area contributed by atoms with E-state index in [2.05, 4.69) is 6.07 Å². The third kappa shape index (κ3) is 1.96. The monoisotopic (exact) mass is 261 g/mol. The molecule has 2 aliphatic rings. The fourth-order valence-corrected chi connectivity index (χ4v) is 5.05. The number of rotatable bonds is 2. The molecule has 16 heavy (non-hydrogen) atoms. The first kappa shape index (κ1) is 12.2. The molecule has 2 fully saturated rings. The summed E-state index contributed by atoms with van der Waals surface area (Å²) in [6.45, 7) is 0. The van der Waals surface area contributed by atoms with E-state index in [0.717, 1.165) is 32.1 Å². The van der Waals surface area contributed by atoms with Gasteiger partial charge in [-0.1, -0.05) is 19.3 Å². The molecule has 90 valence electrons. The van der Waals surface area contributed by atoms with E-state index < -0.39 is 13.8 Å². The molecule has 0 heterocycles. The van der Waals surface area contributed by atoms with Crippen LogP contribution in [0, 0.1) is 23.2 Å². The average Bonchev–Trinajstić information content (AvgIpc) is 3.01. The van der Waals surface area contributed by atoms with Crippen molar-refractivity contribution >= 4 is 19.7 Å². The Bertz CT molecular complexity index is 408. The maximum absolute atomic E-state index is 11.6. The Morgan fingerprint density at radius 3 is 2.31 bits per heavy atom. The molecule has 2 saturated carbocycles. The van der Waals surface area contributed by atoms with Gasteiger partial charge < -0.3 is 0 Å². The molecule has 0 radical (unpaired) electrons. The van der Waals surface area contributed by atoms with Gasteiger partial charge in [0.05, 0.1) is 16.7 Å². The molecule has 0 spiro atoms. The topological polar surface area (TPSA) is 57.9 Å². The summed E-state index contributed by atoms with van der Waals surface area (Å²) in [5, 5.41) is 9.16. The van der Waals surface area contributed by atoms with Crippen molar-refractivity contribution < 1.29 is 8.42 Å². The molecule has 2 unspecified atom stereocenters. The fraction of sp³-hybridized carbons (Fsp3) is 0.909. The van der Waals surface area contributed by atoms with Crippen molar-refractivity contribution in [3.05, 3.63) is 0 Å². The lowest BCUT2D eigenvalue weighted by molar-refractivity contribution is 0.348. The van der Waals surface area contributed by atoms with E-state index in [1.807, 2.05) is 0 Å². The minimum atomic E-state index is -3.53. The van der Waals surface area contributed by atoms with Crippen LogP contribution in [0.15, 0.2) is 0 Å². The zero-order valence-corrected chi connectivity index (χ0v) is 10.7. The molecule has 0 aromatic carbocycles. The molecule has 2 atom stereocenters. The van der Waals surface area contributed by atoms with E-state index in [0.29, 0.717) is 12.8 Å². The Hall–Kier alpha value is -0.270. The third-order valence-electron chi connectivity index (χ3n) is 4.09. The normalized spacial score (nSPS) is 33.8. The Morgan fingerprint density at radius 2 is 1.81 bits per heavy atom. The summed E-state index contributed by atoms with van der Waals surface area (Å²) < 4.78 is 22.5. The zero-order valence-electron chi connectivity index (χ0n) is 9.15. The van der Waals surface area contributed by atoms with Crippen LogP contribution in [0.2, 0.25) is 0 Å². The standard InChI is InChI=1S/C11H16ClNO2S/c12-16(14,15)11(6-7-11)10-5-3-1-2-4-9(10)8-13/h9-10H,1-7H2. The van der Waals surface area contributed by atoms with Gasteiger partial charge in [-0.25, -0.2) is 8.42 Å². The van der Waals surface area contributed by atoms with Gasteiger partial charge in [0.2, 0.25) is 9.05 Å². The van der Waals surface area contributed by atoms with Gasteiger partial charge in [-0.05, 0) is 31.6 Å². The van der Waals surface area contributed by atoms with Crippen molar-refractivity contribution in [2.24, 2.45) is 11.8 Å². The van der Waals surface area contributed by atoms with Crippen molar-refractivity contribution in [1.29, 1.82) is 5.26 Å². The predicted molar refractivity (Wildman–Crippen MR) is 62.4 cm³/mol. The van der Waals surface area contributed by atoms with Crippen LogP contribution < -0.4 is 0 Å². The molecule has 0 aliphatic heterocycles. The van der Waals surface area contributed by atoms with Crippen LogP contribution in [-0.2, 0) is 9.05 Å². The van der Waals surface area contributed by atoms with Crippen molar-refractivity contribution in [3.63, 3.8) is 0 Å². The number of nitriles is 1.